The zero-order valence-electron chi connectivity index (χ0n) is 14.4. The SMILES string of the molecule is Cn1ccc(C(=O)N2C[C@@H]3CN(C4CCOCC4)C[C@]3(C(=O)O)C2)n1. The zero-order chi connectivity index (χ0) is 17.6. The molecule has 25 heavy (non-hydrogen) atoms. The van der Waals surface area contributed by atoms with E-state index in [0.29, 0.717) is 24.8 Å². The molecule has 1 aromatic rings. The van der Waals surface area contributed by atoms with E-state index < -0.39 is 11.4 Å². The van der Waals surface area contributed by atoms with E-state index in [1.807, 2.05) is 0 Å². The first kappa shape index (κ1) is 16.5. The van der Waals surface area contributed by atoms with Crippen molar-refractivity contribution in [1.29, 1.82) is 0 Å². The minimum atomic E-state index is -0.858. The van der Waals surface area contributed by atoms with Crippen LogP contribution >= 0.6 is 0 Å². The Labute approximate surface area is 146 Å². The number of nitrogens with zero attached hydrogens (tertiary/aromatic N) is 4. The lowest BCUT2D eigenvalue weighted by Gasteiger charge is -2.33. The number of hydrogen-bond donors (Lipinski definition) is 1. The van der Waals surface area contributed by atoms with Gasteiger partial charge in [0.2, 0.25) is 0 Å². The summed E-state index contributed by atoms with van der Waals surface area (Å²) in [5.74, 6) is -0.989. The molecule has 0 spiro atoms. The summed E-state index contributed by atoms with van der Waals surface area (Å²) in [7, 11) is 1.76. The average molecular weight is 348 g/mol. The van der Waals surface area contributed by atoms with Gasteiger partial charge in [-0.05, 0) is 18.9 Å². The lowest BCUT2D eigenvalue weighted by molar-refractivity contribution is -0.148. The van der Waals surface area contributed by atoms with Crippen LogP contribution in [0.5, 0.6) is 0 Å². The summed E-state index contributed by atoms with van der Waals surface area (Å²) < 4.78 is 7.01. The Morgan fingerprint density at radius 2 is 2.04 bits per heavy atom. The van der Waals surface area contributed by atoms with E-state index in [1.165, 1.54) is 0 Å². The Balaban J connectivity index is 1.51. The van der Waals surface area contributed by atoms with E-state index in [4.69, 9.17) is 4.74 Å². The van der Waals surface area contributed by atoms with Gasteiger partial charge in [-0.1, -0.05) is 0 Å². The maximum Gasteiger partial charge on any atom is 0.313 e. The average Bonchev–Trinajstić information content (AvgIpc) is 3.27. The first-order valence-corrected chi connectivity index (χ1v) is 8.84. The normalized spacial score (nSPS) is 30.6. The third-order valence-corrected chi connectivity index (χ3v) is 5.99. The molecule has 3 fully saturated rings. The molecule has 136 valence electrons. The summed E-state index contributed by atoms with van der Waals surface area (Å²) in [6.07, 6.45) is 3.64. The van der Waals surface area contributed by atoms with E-state index >= 15 is 0 Å². The molecule has 0 saturated carbocycles. The predicted molar refractivity (Wildman–Crippen MR) is 88.1 cm³/mol. The van der Waals surface area contributed by atoms with Gasteiger partial charge in [-0.3, -0.25) is 19.2 Å². The number of hydrogen-bond acceptors (Lipinski definition) is 5. The molecule has 0 aromatic carbocycles. The van der Waals surface area contributed by atoms with Crippen LogP contribution in [-0.2, 0) is 16.6 Å². The van der Waals surface area contributed by atoms with Crippen LogP contribution in [0.2, 0.25) is 0 Å². The molecule has 4 rings (SSSR count). The summed E-state index contributed by atoms with van der Waals surface area (Å²) in [6, 6.07) is 2.08. The minimum Gasteiger partial charge on any atom is -0.481 e. The fourth-order valence-corrected chi connectivity index (χ4v) is 4.58. The molecule has 3 aliphatic rings. The fourth-order valence-electron chi connectivity index (χ4n) is 4.58. The number of fused-ring (bicyclic) bond motifs is 1. The predicted octanol–water partition coefficient (Wildman–Crippen LogP) is 0.0577. The van der Waals surface area contributed by atoms with Crippen LogP contribution < -0.4 is 0 Å². The number of carbonyl (C=O) groups is 2. The molecular weight excluding hydrogens is 324 g/mol. The largest absolute Gasteiger partial charge is 0.481 e. The molecule has 2 atom stereocenters. The van der Waals surface area contributed by atoms with Crippen molar-refractivity contribution in [3.05, 3.63) is 18.0 Å². The number of rotatable bonds is 3. The Bertz CT molecular complexity index is 684. The highest BCUT2D eigenvalue weighted by Gasteiger charge is 2.59. The highest BCUT2D eigenvalue weighted by molar-refractivity contribution is 5.93. The Hall–Kier alpha value is -1.93. The van der Waals surface area contributed by atoms with Crippen molar-refractivity contribution >= 4 is 11.9 Å². The minimum absolute atomic E-state index is 0.0273. The molecule has 1 amide bonds. The standard InChI is InChI=1S/C17H24N4O4/c1-19-5-2-14(18-19)15(22)21-9-12-8-20(13-3-6-25-7-4-13)10-17(12,11-21)16(23)24/h2,5,12-13H,3-4,6-11H2,1H3,(H,23,24)/t12-,17-/m0/s1. The van der Waals surface area contributed by atoms with Crippen LogP contribution in [0.1, 0.15) is 23.3 Å². The summed E-state index contributed by atoms with van der Waals surface area (Å²) >= 11 is 0. The second kappa shape index (κ2) is 6.10. The summed E-state index contributed by atoms with van der Waals surface area (Å²) in [6.45, 7) is 3.50. The van der Waals surface area contributed by atoms with E-state index in [0.717, 1.165) is 32.6 Å². The molecule has 1 aromatic heterocycles. The third-order valence-electron chi connectivity index (χ3n) is 5.99. The maximum atomic E-state index is 12.7. The van der Waals surface area contributed by atoms with Crippen LogP contribution in [0.4, 0.5) is 0 Å². The highest BCUT2D eigenvalue weighted by Crippen LogP contribution is 2.44. The van der Waals surface area contributed by atoms with Crippen molar-refractivity contribution in [3.63, 3.8) is 0 Å². The van der Waals surface area contributed by atoms with Crippen molar-refractivity contribution in [2.45, 2.75) is 18.9 Å². The topological polar surface area (TPSA) is 87.9 Å². The van der Waals surface area contributed by atoms with Gasteiger partial charge in [0.25, 0.3) is 5.91 Å². The smallest absolute Gasteiger partial charge is 0.313 e. The third kappa shape index (κ3) is 2.73. The summed E-state index contributed by atoms with van der Waals surface area (Å²) in [5, 5.41) is 14.1. The zero-order valence-corrected chi connectivity index (χ0v) is 14.4. The first-order chi connectivity index (χ1) is 12.0. The molecule has 1 N–H and O–H groups in total. The number of likely N-dealkylation sites (tertiary alicyclic amines) is 2. The molecule has 8 heteroatoms. The van der Waals surface area contributed by atoms with Gasteiger partial charge in [0.05, 0.1) is 0 Å². The molecule has 3 aliphatic heterocycles. The van der Waals surface area contributed by atoms with Crippen LogP contribution in [0, 0.1) is 11.3 Å². The number of aromatic nitrogens is 2. The monoisotopic (exact) mass is 348 g/mol. The fraction of sp³-hybridized carbons (Fsp3) is 0.706. The van der Waals surface area contributed by atoms with Gasteiger partial charge < -0.3 is 14.7 Å². The van der Waals surface area contributed by atoms with Gasteiger partial charge in [0, 0.05) is 64.6 Å². The van der Waals surface area contributed by atoms with E-state index in [9.17, 15) is 14.7 Å². The number of aliphatic carboxylic acids is 1. The Morgan fingerprint density at radius 1 is 1.28 bits per heavy atom. The lowest BCUT2D eigenvalue weighted by Crippen LogP contribution is -2.45. The summed E-state index contributed by atoms with van der Waals surface area (Å²) in [4.78, 5) is 28.8. The van der Waals surface area contributed by atoms with Gasteiger partial charge in [0.1, 0.15) is 11.1 Å². The second-order valence-corrected chi connectivity index (χ2v) is 7.49. The number of carboxylic acids is 1. The van der Waals surface area contributed by atoms with E-state index in [-0.39, 0.29) is 18.4 Å². The molecule has 4 heterocycles. The van der Waals surface area contributed by atoms with Crippen molar-refractivity contribution in [1.82, 2.24) is 19.6 Å². The van der Waals surface area contributed by atoms with Gasteiger partial charge in [0.15, 0.2) is 0 Å². The van der Waals surface area contributed by atoms with Crippen LogP contribution in [0.3, 0.4) is 0 Å². The molecule has 0 radical (unpaired) electrons. The van der Waals surface area contributed by atoms with Crippen molar-refractivity contribution < 1.29 is 19.4 Å². The van der Waals surface area contributed by atoms with Crippen LogP contribution in [0.15, 0.2) is 12.3 Å². The molecular formula is C17H24N4O4. The lowest BCUT2D eigenvalue weighted by atomic mass is 9.81. The molecule has 0 bridgehead atoms. The van der Waals surface area contributed by atoms with E-state index in [1.54, 1.807) is 28.9 Å². The number of carbonyl (C=O) groups excluding carboxylic acids is 1. The number of carboxylic acid groups (broad SMARTS) is 1. The number of ether oxygens (including phenoxy) is 1. The van der Waals surface area contributed by atoms with Crippen molar-refractivity contribution in [3.8, 4) is 0 Å². The Morgan fingerprint density at radius 3 is 2.64 bits per heavy atom. The number of aryl methyl sites for hydroxylation is 1. The van der Waals surface area contributed by atoms with Gasteiger partial charge in [-0.2, -0.15) is 5.10 Å². The van der Waals surface area contributed by atoms with Crippen molar-refractivity contribution in [2.75, 3.05) is 39.4 Å². The van der Waals surface area contributed by atoms with Crippen LogP contribution in [-0.4, -0.2) is 82.0 Å². The molecule has 8 nitrogen and oxygen atoms in total. The van der Waals surface area contributed by atoms with Crippen LogP contribution in [0.25, 0.3) is 0 Å². The highest BCUT2D eigenvalue weighted by atomic mass is 16.5. The first-order valence-electron chi connectivity index (χ1n) is 8.84. The molecule has 0 unspecified atom stereocenters. The van der Waals surface area contributed by atoms with Gasteiger partial charge in [-0.25, -0.2) is 0 Å². The quantitative estimate of drug-likeness (QED) is 0.831. The molecule has 3 saturated heterocycles. The van der Waals surface area contributed by atoms with Gasteiger partial charge >= 0.3 is 5.97 Å². The number of amides is 1. The van der Waals surface area contributed by atoms with E-state index in [2.05, 4.69) is 10.00 Å². The van der Waals surface area contributed by atoms with Crippen molar-refractivity contribution in [2.24, 2.45) is 18.4 Å². The van der Waals surface area contributed by atoms with Gasteiger partial charge in [-0.15, -0.1) is 0 Å². The maximum absolute atomic E-state index is 12.7. The second-order valence-electron chi connectivity index (χ2n) is 7.49. The molecule has 0 aliphatic carbocycles. The Kier molecular flexibility index (Phi) is 4.04. The summed E-state index contributed by atoms with van der Waals surface area (Å²) in [5.41, 5.74) is -0.479.